The fourth-order valence-corrected chi connectivity index (χ4v) is 3.47. The summed E-state index contributed by atoms with van der Waals surface area (Å²) in [6, 6.07) is 19.9. The molecule has 3 heteroatoms. The molecule has 4 rings (SSSR count). The van der Waals surface area contributed by atoms with Crippen molar-refractivity contribution >= 4 is 38.2 Å². The van der Waals surface area contributed by atoms with Crippen molar-refractivity contribution in [2.45, 2.75) is 0 Å². The fraction of sp³-hybridized carbons (Fsp3) is 0. The molecule has 20 heavy (non-hydrogen) atoms. The maximum atomic E-state index is 12.7. The Kier molecular flexibility index (Phi) is 2.47. The van der Waals surface area contributed by atoms with Gasteiger partial charge in [0.15, 0.2) is 0 Å². The quantitative estimate of drug-likeness (QED) is 0.500. The van der Waals surface area contributed by atoms with Crippen LogP contribution in [-0.2, 0) is 0 Å². The number of para-hydroxylation sites is 1. The molecule has 0 saturated carbocycles. The van der Waals surface area contributed by atoms with Crippen LogP contribution in [0.5, 0.6) is 0 Å². The van der Waals surface area contributed by atoms with E-state index < -0.39 is 0 Å². The van der Waals surface area contributed by atoms with Crippen molar-refractivity contribution in [2.75, 3.05) is 0 Å². The zero-order valence-electron chi connectivity index (χ0n) is 10.6. The van der Waals surface area contributed by atoms with E-state index in [-0.39, 0.29) is 5.91 Å². The minimum Gasteiger partial charge on any atom is -0.282 e. The van der Waals surface area contributed by atoms with Crippen molar-refractivity contribution in [3.05, 3.63) is 71.7 Å². The van der Waals surface area contributed by atoms with Crippen LogP contribution >= 0.6 is 11.3 Å². The van der Waals surface area contributed by atoms with Crippen LogP contribution in [-0.4, -0.2) is 10.5 Å². The van der Waals surface area contributed by atoms with Gasteiger partial charge in [-0.3, -0.25) is 9.36 Å². The van der Waals surface area contributed by atoms with Gasteiger partial charge in [0.2, 0.25) is 0 Å². The molecule has 0 spiro atoms. The Morgan fingerprint density at radius 2 is 1.65 bits per heavy atom. The van der Waals surface area contributed by atoms with Crippen LogP contribution in [0.4, 0.5) is 0 Å². The highest BCUT2D eigenvalue weighted by Gasteiger charge is 2.14. The SMILES string of the molecule is O=C(c1cc2ccccc2s1)n1ccc2ccccc21. The Balaban J connectivity index is 1.87. The summed E-state index contributed by atoms with van der Waals surface area (Å²) >= 11 is 1.54. The smallest absolute Gasteiger partial charge is 0.272 e. The van der Waals surface area contributed by atoms with E-state index in [2.05, 4.69) is 0 Å². The molecule has 2 aromatic carbocycles. The fourth-order valence-electron chi connectivity index (χ4n) is 2.47. The van der Waals surface area contributed by atoms with Crippen LogP contribution in [0, 0.1) is 0 Å². The van der Waals surface area contributed by atoms with Crippen molar-refractivity contribution in [3.63, 3.8) is 0 Å². The second-order valence-electron chi connectivity index (χ2n) is 4.70. The normalized spacial score (nSPS) is 11.2. The Bertz CT molecular complexity index is 899. The number of rotatable bonds is 1. The molecule has 0 atom stereocenters. The highest BCUT2D eigenvalue weighted by Crippen LogP contribution is 2.27. The summed E-state index contributed by atoms with van der Waals surface area (Å²) in [6.45, 7) is 0. The van der Waals surface area contributed by atoms with Gasteiger partial charge in [-0.2, -0.15) is 0 Å². The van der Waals surface area contributed by atoms with Gasteiger partial charge >= 0.3 is 0 Å². The monoisotopic (exact) mass is 277 g/mol. The first-order valence-electron chi connectivity index (χ1n) is 6.42. The van der Waals surface area contributed by atoms with Crippen LogP contribution in [0.15, 0.2) is 66.9 Å². The summed E-state index contributed by atoms with van der Waals surface area (Å²) < 4.78 is 2.87. The molecule has 0 radical (unpaired) electrons. The van der Waals surface area contributed by atoms with E-state index in [0.29, 0.717) is 0 Å². The Hall–Kier alpha value is -2.39. The molecule has 0 amide bonds. The lowest BCUT2D eigenvalue weighted by Gasteiger charge is -2.01. The van der Waals surface area contributed by atoms with Gasteiger partial charge in [-0.15, -0.1) is 11.3 Å². The van der Waals surface area contributed by atoms with Crippen molar-refractivity contribution in [2.24, 2.45) is 0 Å². The van der Waals surface area contributed by atoms with Gasteiger partial charge in [0.25, 0.3) is 5.91 Å². The predicted molar refractivity (Wildman–Crippen MR) is 83.5 cm³/mol. The summed E-state index contributed by atoms with van der Waals surface area (Å²) in [5.74, 6) is 0.0346. The summed E-state index contributed by atoms with van der Waals surface area (Å²) in [6.07, 6.45) is 1.84. The van der Waals surface area contributed by atoms with Gasteiger partial charge in [0.1, 0.15) is 0 Å². The van der Waals surface area contributed by atoms with E-state index in [1.165, 1.54) is 0 Å². The van der Waals surface area contributed by atoms with Crippen LogP contribution in [0.3, 0.4) is 0 Å². The molecule has 0 fully saturated rings. The first kappa shape index (κ1) is 11.4. The van der Waals surface area contributed by atoms with Crippen molar-refractivity contribution in [1.82, 2.24) is 4.57 Å². The second-order valence-corrected chi connectivity index (χ2v) is 5.78. The lowest BCUT2D eigenvalue weighted by atomic mass is 10.2. The number of nitrogens with zero attached hydrogens (tertiary/aromatic N) is 1. The third-order valence-corrected chi connectivity index (χ3v) is 4.56. The molecule has 0 aliphatic rings. The van der Waals surface area contributed by atoms with Crippen molar-refractivity contribution < 1.29 is 4.79 Å². The van der Waals surface area contributed by atoms with Gasteiger partial charge < -0.3 is 0 Å². The molecule has 0 bridgehead atoms. The molecule has 0 N–H and O–H groups in total. The molecule has 2 nitrogen and oxygen atoms in total. The number of hydrogen-bond acceptors (Lipinski definition) is 2. The van der Waals surface area contributed by atoms with E-state index in [4.69, 9.17) is 0 Å². The van der Waals surface area contributed by atoms with Gasteiger partial charge in [0.05, 0.1) is 10.4 Å². The first-order valence-corrected chi connectivity index (χ1v) is 7.24. The molecule has 96 valence electrons. The zero-order chi connectivity index (χ0) is 13.5. The molecule has 2 heterocycles. The average molecular weight is 277 g/mol. The van der Waals surface area contributed by atoms with Gasteiger partial charge in [-0.05, 0) is 29.7 Å². The third-order valence-electron chi connectivity index (χ3n) is 3.45. The number of carbonyl (C=O) groups is 1. The summed E-state index contributed by atoms with van der Waals surface area (Å²) in [5, 5.41) is 2.21. The average Bonchev–Trinajstić information content (AvgIpc) is 3.10. The van der Waals surface area contributed by atoms with Crippen molar-refractivity contribution in [3.8, 4) is 0 Å². The zero-order valence-corrected chi connectivity index (χ0v) is 11.4. The van der Waals surface area contributed by atoms with E-state index >= 15 is 0 Å². The third kappa shape index (κ3) is 1.67. The lowest BCUT2D eigenvalue weighted by molar-refractivity contribution is 0.0969. The molecule has 0 aliphatic heterocycles. The maximum Gasteiger partial charge on any atom is 0.272 e. The highest BCUT2D eigenvalue weighted by atomic mass is 32.1. The van der Waals surface area contributed by atoms with Crippen LogP contribution in [0.25, 0.3) is 21.0 Å². The number of aromatic nitrogens is 1. The second kappa shape index (κ2) is 4.32. The molecule has 0 saturated heterocycles. The Labute approximate surface area is 119 Å². The van der Waals surface area contributed by atoms with E-state index in [0.717, 1.165) is 25.9 Å². The van der Waals surface area contributed by atoms with Crippen molar-refractivity contribution in [1.29, 1.82) is 0 Å². The van der Waals surface area contributed by atoms with E-state index in [9.17, 15) is 4.79 Å². The molecule has 4 aromatic rings. The van der Waals surface area contributed by atoms with Gasteiger partial charge in [-0.1, -0.05) is 36.4 Å². The van der Waals surface area contributed by atoms with E-state index in [1.54, 1.807) is 15.9 Å². The topological polar surface area (TPSA) is 22.0 Å². The number of carbonyl (C=O) groups excluding carboxylic acids is 1. The largest absolute Gasteiger partial charge is 0.282 e. The van der Waals surface area contributed by atoms with Crippen LogP contribution < -0.4 is 0 Å². The maximum absolute atomic E-state index is 12.7. The lowest BCUT2D eigenvalue weighted by Crippen LogP contribution is -2.08. The van der Waals surface area contributed by atoms with Gasteiger partial charge in [-0.25, -0.2) is 0 Å². The first-order chi connectivity index (χ1) is 9.83. The number of thiophene rings is 1. The van der Waals surface area contributed by atoms with Crippen LogP contribution in [0.2, 0.25) is 0 Å². The Morgan fingerprint density at radius 3 is 2.50 bits per heavy atom. The molecule has 0 aliphatic carbocycles. The summed E-state index contributed by atoms with van der Waals surface area (Å²) in [7, 11) is 0. The van der Waals surface area contributed by atoms with Gasteiger partial charge in [0, 0.05) is 16.3 Å². The van der Waals surface area contributed by atoms with Crippen LogP contribution in [0.1, 0.15) is 9.67 Å². The molecule has 2 aromatic heterocycles. The Morgan fingerprint density at radius 1 is 0.900 bits per heavy atom. The molecular formula is C17H11NOS. The molecular weight excluding hydrogens is 266 g/mol. The minimum absolute atomic E-state index is 0.0346. The summed E-state index contributed by atoms with van der Waals surface area (Å²) in [5.41, 5.74) is 0.954. The number of fused-ring (bicyclic) bond motifs is 2. The number of benzene rings is 2. The highest BCUT2D eigenvalue weighted by molar-refractivity contribution is 7.20. The standard InChI is InChI=1S/C17H11NOS/c19-17(16-11-13-6-2-4-8-15(13)20-16)18-10-9-12-5-1-3-7-14(12)18/h1-11H. The van der Waals surface area contributed by atoms with E-state index in [1.807, 2.05) is 66.9 Å². The minimum atomic E-state index is 0.0346. The summed E-state index contributed by atoms with van der Waals surface area (Å²) in [4.78, 5) is 13.4. The number of hydrogen-bond donors (Lipinski definition) is 0. The predicted octanol–water partition coefficient (Wildman–Crippen LogP) is 4.54. The molecule has 0 unspecified atom stereocenters.